The van der Waals surface area contributed by atoms with Crippen molar-refractivity contribution in [3.63, 3.8) is 0 Å². The van der Waals surface area contributed by atoms with Crippen LogP contribution in [0.3, 0.4) is 0 Å². The highest BCUT2D eigenvalue weighted by Gasteiger charge is 2.21. The van der Waals surface area contributed by atoms with Gasteiger partial charge in [0.05, 0.1) is 5.69 Å². The second kappa shape index (κ2) is 7.70. The van der Waals surface area contributed by atoms with Crippen LogP contribution in [0.5, 0.6) is 0 Å². The Hall–Kier alpha value is -3.15. The van der Waals surface area contributed by atoms with Gasteiger partial charge < -0.3 is 5.32 Å². The molecule has 2 N–H and O–H groups in total. The summed E-state index contributed by atoms with van der Waals surface area (Å²) in [6.07, 6.45) is 0. The fourth-order valence-electron chi connectivity index (χ4n) is 3.18. The maximum Gasteiger partial charge on any atom is 0.348 e. The SMILES string of the molecule is Cc1ccc(-n2nc(-c3c(C)ccc(CNC(=O)C(C)(C)C)c3C)[nH]c2=O)cc1. The molecule has 2 aromatic carbocycles. The fourth-order valence-corrected chi connectivity index (χ4v) is 3.18. The van der Waals surface area contributed by atoms with Crippen molar-refractivity contribution >= 4 is 5.91 Å². The summed E-state index contributed by atoms with van der Waals surface area (Å²) in [5.74, 6) is 0.519. The molecule has 1 aromatic heterocycles. The van der Waals surface area contributed by atoms with E-state index in [1.54, 1.807) is 0 Å². The summed E-state index contributed by atoms with van der Waals surface area (Å²) in [5, 5.41) is 7.53. The van der Waals surface area contributed by atoms with Gasteiger partial charge in [-0.25, -0.2) is 4.79 Å². The molecule has 0 spiro atoms. The van der Waals surface area contributed by atoms with E-state index in [4.69, 9.17) is 0 Å². The van der Waals surface area contributed by atoms with Crippen molar-refractivity contribution in [2.24, 2.45) is 5.41 Å². The molecule has 1 amide bonds. The Bertz CT molecular complexity index is 1100. The first kappa shape index (κ1) is 20.6. The van der Waals surface area contributed by atoms with Gasteiger partial charge in [0.2, 0.25) is 5.91 Å². The van der Waals surface area contributed by atoms with Gasteiger partial charge in [0.25, 0.3) is 0 Å². The first-order valence-corrected chi connectivity index (χ1v) is 9.72. The van der Waals surface area contributed by atoms with Crippen LogP contribution in [0.4, 0.5) is 0 Å². The molecule has 0 saturated carbocycles. The van der Waals surface area contributed by atoms with E-state index in [9.17, 15) is 9.59 Å². The third-order valence-corrected chi connectivity index (χ3v) is 5.04. The van der Waals surface area contributed by atoms with E-state index in [1.807, 2.05) is 77.9 Å². The van der Waals surface area contributed by atoms with Gasteiger partial charge >= 0.3 is 5.69 Å². The van der Waals surface area contributed by atoms with Crippen molar-refractivity contribution in [3.8, 4) is 17.1 Å². The molecule has 29 heavy (non-hydrogen) atoms. The summed E-state index contributed by atoms with van der Waals surface area (Å²) in [7, 11) is 0. The van der Waals surface area contributed by atoms with Crippen LogP contribution < -0.4 is 11.0 Å². The van der Waals surface area contributed by atoms with Gasteiger partial charge in [-0.2, -0.15) is 4.68 Å². The third kappa shape index (κ3) is 4.31. The number of hydrogen-bond donors (Lipinski definition) is 2. The molecule has 0 aliphatic carbocycles. The topological polar surface area (TPSA) is 79.8 Å². The number of carbonyl (C=O) groups excluding carboxylic acids is 1. The van der Waals surface area contributed by atoms with Gasteiger partial charge in [0.15, 0.2) is 5.82 Å². The van der Waals surface area contributed by atoms with E-state index in [-0.39, 0.29) is 11.6 Å². The highest BCUT2D eigenvalue weighted by Crippen LogP contribution is 2.27. The first-order valence-electron chi connectivity index (χ1n) is 9.72. The van der Waals surface area contributed by atoms with Crippen LogP contribution in [0, 0.1) is 26.2 Å². The fraction of sp³-hybridized carbons (Fsp3) is 0.348. The van der Waals surface area contributed by atoms with E-state index in [2.05, 4.69) is 15.4 Å². The van der Waals surface area contributed by atoms with Crippen LogP contribution in [0.1, 0.15) is 43.0 Å². The lowest BCUT2D eigenvalue weighted by molar-refractivity contribution is -0.128. The first-order chi connectivity index (χ1) is 13.6. The number of rotatable bonds is 4. The average molecular weight is 393 g/mol. The zero-order valence-corrected chi connectivity index (χ0v) is 17.9. The van der Waals surface area contributed by atoms with Crippen molar-refractivity contribution in [1.82, 2.24) is 20.1 Å². The van der Waals surface area contributed by atoms with E-state index in [0.717, 1.165) is 27.8 Å². The minimum absolute atomic E-state index is 0.00363. The van der Waals surface area contributed by atoms with E-state index < -0.39 is 5.41 Å². The van der Waals surface area contributed by atoms with Gasteiger partial charge in [-0.05, 0) is 49.6 Å². The normalized spacial score (nSPS) is 11.5. The number of carbonyl (C=O) groups is 1. The quantitative estimate of drug-likeness (QED) is 0.708. The molecule has 6 heteroatoms. The minimum Gasteiger partial charge on any atom is -0.352 e. The van der Waals surface area contributed by atoms with E-state index in [1.165, 1.54) is 4.68 Å². The monoisotopic (exact) mass is 392 g/mol. The summed E-state index contributed by atoms with van der Waals surface area (Å²) in [5.41, 5.74) is 4.99. The highest BCUT2D eigenvalue weighted by atomic mass is 16.2. The number of nitrogens with zero attached hydrogens (tertiary/aromatic N) is 2. The number of amides is 1. The molecule has 0 saturated heterocycles. The molecule has 0 aliphatic heterocycles. The number of H-pyrrole nitrogens is 1. The maximum absolute atomic E-state index is 12.5. The molecule has 0 bridgehead atoms. The minimum atomic E-state index is -0.445. The molecule has 3 rings (SSSR count). The molecular formula is C23H28N4O2. The highest BCUT2D eigenvalue weighted by molar-refractivity contribution is 5.81. The molecule has 0 unspecified atom stereocenters. The van der Waals surface area contributed by atoms with Gasteiger partial charge in [-0.3, -0.25) is 9.78 Å². The lowest BCUT2D eigenvalue weighted by atomic mass is 9.94. The molecule has 1 heterocycles. The van der Waals surface area contributed by atoms with Crippen LogP contribution in [0.2, 0.25) is 0 Å². The average Bonchev–Trinajstić information content (AvgIpc) is 3.02. The summed E-state index contributed by atoms with van der Waals surface area (Å²) in [4.78, 5) is 27.6. The van der Waals surface area contributed by atoms with Crippen molar-refractivity contribution in [3.05, 3.63) is 69.1 Å². The molecule has 0 aliphatic rings. The summed E-state index contributed by atoms with van der Waals surface area (Å²) >= 11 is 0. The van der Waals surface area contributed by atoms with Crippen LogP contribution in [-0.2, 0) is 11.3 Å². The lowest BCUT2D eigenvalue weighted by Gasteiger charge is -2.19. The van der Waals surface area contributed by atoms with Crippen LogP contribution in [-0.4, -0.2) is 20.7 Å². The predicted molar refractivity (Wildman–Crippen MR) is 115 cm³/mol. The van der Waals surface area contributed by atoms with Crippen molar-refractivity contribution in [1.29, 1.82) is 0 Å². The van der Waals surface area contributed by atoms with Crippen molar-refractivity contribution in [2.75, 3.05) is 0 Å². The second-order valence-electron chi connectivity index (χ2n) is 8.50. The van der Waals surface area contributed by atoms with Gasteiger partial charge in [0, 0.05) is 17.5 Å². The lowest BCUT2D eigenvalue weighted by Crippen LogP contribution is -2.34. The second-order valence-corrected chi connectivity index (χ2v) is 8.50. The smallest absolute Gasteiger partial charge is 0.348 e. The standard InChI is InChI=1S/C23H28N4O2/c1-14-7-11-18(12-8-14)27-22(29)25-20(26-27)19-15(2)9-10-17(16(19)3)13-24-21(28)23(4,5)6/h7-12H,13H2,1-6H3,(H,24,28)(H,25,26,29). The van der Waals surface area contributed by atoms with Crippen LogP contribution in [0.15, 0.2) is 41.2 Å². The molecule has 0 radical (unpaired) electrons. The maximum atomic E-state index is 12.5. The van der Waals surface area contributed by atoms with Gasteiger partial charge in [0.1, 0.15) is 0 Å². The molecule has 6 nitrogen and oxygen atoms in total. The number of aromatic nitrogens is 3. The molecular weight excluding hydrogens is 364 g/mol. The Morgan fingerprint density at radius 2 is 1.72 bits per heavy atom. The summed E-state index contributed by atoms with van der Waals surface area (Å²) in [6.45, 7) is 12.1. The number of aryl methyl sites for hydroxylation is 2. The molecule has 152 valence electrons. The van der Waals surface area contributed by atoms with E-state index in [0.29, 0.717) is 18.1 Å². The molecule has 3 aromatic rings. The molecule has 0 fully saturated rings. The van der Waals surface area contributed by atoms with Gasteiger partial charge in [-0.1, -0.05) is 50.6 Å². The Morgan fingerprint density at radius 1 is 1.07 bits per heavy atom. The molecule has 0 atom stereocenters. The Morgan fingerprint density at radius 3 is 2.34 bits per heavy atom. The summed E-state index contributed by atoms with van der Waals surface area (Å²) in [6, 6.07) is 11.6. The number of aromatic amines is 1. The van der Waals surface area contributed by atoms with Crippen LogP contribution >= 0.6 is 0 Å². The van der Waals surface area contributed by atoms with Gasteiger partial charge in [-0.15, -0.1) is 5.10 Å². The summed E-state index contributed by atoms with van der Waals surface area (Å²) < 4.78 is 1.38. The van der Waals surface area contributed by atoms with Crippen LogP contribution in [0.25, 0.3) is 17.1 Å². The van der Waals surface area contributed by atoms with Crippen molar-refractivity contribution in [2.45, 2.75) is 48.1 Å². The van der Waals surface area contributed by atoms with E-state index >= 15 is 0 Å². The Balaban J connectivity index is 1.97. The number of hydrogen-bond acceptors (Lipinski definition) is 3. The Labute approximate surface area is 171 Å². The largest absolute Gasteiger partial charge is 0.352 e. The zero-order chi connectivity index (χ0) is 21.3. The predicted octanol–water partition coefficient (Wildman–Crippen LogP) is 3.82. The Kier molecular flexibility index (Phi) is 5.46. The third-order valence-electron chi connectivity index (χ3n) is 5.04. The number of benzene rings is 2. The zero-order valence-electron chi connectivity index (χ0n) is 17.9. The number of nitrogens with one attached hydrogen (secondary N) is 2. The van der Waals surface area contributed by atoms with Crippen molar-refractivity contribution < 1.29 is 4.79 Å².